The number of fused-ring (bicyclic) bond motifs is 3. The van der Waals surface area contributed by atoms with E-state index in [0.717, 1.165) is 18.8 Å². The van der Waals surface area contributed by atoms with E-state index in [1.807, 2.05) is 16.8 Å². The molecule has 6 rings (SSSR count). The number of rotatable bonds is 5. The number of pyridine rings is 1. The van der Waals surface area contributed by atoms with Gasteiger partial charge in [0.25, 0.3) is 0 Å². The van der Waals surface area contributed by atoms with Gasteiger partial charge in [-0.05, 0) is 54.5 Å². The summed E-state index contributed by atoms with van der Waals surface area (Å²) in [6.07, 6.45) is 3.64. The first-order valence-corrected chi connectivity index (χ1v) is 12.0. The molecule has 8 nitrogen and oxygen atoms in total. The lowest BCUT2D eigenvalue weighted by Gasteiger charge is -2.39. The lowest BCUT2D eigenvalue weighted by Crippen LogP contribution is -2.48. The summed E-state index contributed by atoms with van der Waals surface area (Å²) in [5, 5.41) is 8.68. The minimum atomic E-state index is -0.495. The van der Waals surface area contributed by atoms with Crippen molar-refractivity contribution in [1.82, 2.24) is 19.7 Å². The van der Waals surface area contributed by atoms with Crippen LogP contribution < -0.4 is 15.0 Å². The molecule has 34 heavy (non-hydrogen) atoms. The van der Waals surface area contributed by atoms with E-state index in [0.29, 0.717) is 59.3 Å². The predicted octanol–water partition coefficient (Wildman–Crippen LogP) is 3.92. The van der Waals surface area contributed by atoms with Crippen LogP contribution in [0.2, 0.25) is 5.02 Å². The number of aromatic nitrogens is 4. The molecule has 1 aromatic carbocycles. The molecule has 2 fully saturated rings. The van der Waals surface area contributed by atoms with Gasteiger partial charge in [0.2, 0.25) is 11.8 Å². The Balaban J connectivity index is 1.20. The van der Waals surface area contributed by atoms with Gasteiger partial charge < -0.3 is 19.7 Å². The zero-order valence-corrected chi connectivity index (χ0v) is 19.6. The summed E-state index contributed by atoms with van der Waals surface area (Å²) < 4.78 is 27.1. The van der Waals surface area contributed by atoms with Gasteiger partial charge in [0.05, 0.1) is 20.3 Å². The van der Waals surface area contributed by atoms with Crippen molar-refractivity contribution in [3.8, 4) is 5.88 Å². The molecule has 0 radical (unpaired) electrons. The zero-order chi connectivity index (χ0) is 23.2. The van der Waals surface area contributed by atoms with Gasteiger partial charge in [-0.1, -0.05) is 11.6 Å². The van der Waals surface area contributed by atoms with Crippen LogP contribution >= 0.6 is 11.6 Å². The second kappa shape index (κ2) is 8.70. The maximum absolute atomic E-state index is 14.0. The smallest absolute Gasteiger partial charge is 0.242 e. The van der Waals surface area contributed by atoms with E-state index in [1.54, 1.807) is 19.4 Å². The third-order valence-electron chi connectivity index (χ3n) is 7.13. The van der Waals surface area contributed by atoms with Crippen molar-refractivity contribution in [1.29, 1.82) is 0 Å². The quantitative estimate of drug-likeness (QED) is 0.588. The molecule has 4 atom stereocenters. The van der Waals surface area contributed by atoms with E-state index in [2.05, 4.69) is 15.2 Å². The van der Waals surface area contributed by atoms with E-state index in [4.69, 9.17) is 31.2 Å². The van der Waals surface area contributed by atoms with Crippen molar-refractivity contribution < 1.29 is 13.9 Å². The Hall–Kier alpha value is -2.91. The molecule has 178 valence electrons. The van der Waals surface area contributed by atoms with Crippen LogP contribution in [-0.2, 0) is 11.3 Å². The maximum Gasteiger partial charge on any atom is 0.242 e. The summed E-state index contributed by atoms with van der Waals surface area (Å²) in [5.41, 5.74) is 1.79. The summed E-state index contributed by atoms with van der Waals surface area (Å²) in [6.45, 7) is 3.01. The third kappa shape index (κ3) is 3.96. The van der Waals surface area contributed by atoms with Crippen LogP contribution in [0.3, 0.4) is 0 Å². The van der Waals surface area contributed by atoms with E-state index in [9.17, 15) is 4.39 Å². The Labute approximate surface area is 202 Å². The number of nitrogens with one attached hydrogen (secondary N) is 1. The number of halogens is 2. The number of hydrogen-bond donors (Lipinski definition) is 1. The molecule has 3 aromatic rings. The highest BCUT2D eigenvalue weighted by Crippen LogP contribution is 2.40. The molecule has 10 heteroatoms. The summed E-state index contributed by atoms with van der Waals surface area (Å²) in [4.78, 5) is 11.4. The molecule has 3 aliphatic rings. The van der Waals surface area contributed by atoms with Crippen molar-refractivity contribution in [2.45, 2.75) is 31.5 Å². The second-order valence-electron chi connectivity index (χ2n) is 9.20. The van der Waals surface area contributed by atoms with Gasteiger partial charge >= 0.3 is 0 Å². The largest absolute Gasteiger partial charge is 0.481 e. The lowest BCUT2D eigenvalue weighted by atomic mass is 9.92. The molecule has 1 saturated heterocycles. The van der Waals surface area contributed by atoms with Crippen LogP contribution in [0, 0.1) is 17.7 Å². The Kier molecular flexibility index (Phi) is 5.53. The first kappa shape index (κ1) is 21.6. The first-order chi connectivity index (χ1) is 16.6. The molecule has 1 saturated carbocycles. The van der Waals surface area contributed by atoms with Crippen LogP contribution in [0.5, 0.6) is 5.88 Å². The summed E-state index contributed by atoms with van der Waals surface area (Å²) in [5.74, 6) is 2.50. The highest BCUT2D eigenvalue weighted by molar-refractivity contribution is 6.30. The van der Waals surface area contributed by atoms with Crippen LogP contribution in [-0.4, -0.2) is 52.6 Å². The number of hydrogen-bond acceptors (Lipinski definition) is 7. The van der Waals surface area contributed by atoms with Gasteiger partial charge in [-0.3, -0.25) is 0 Å². The first-order valence-electron chi connectivity index (χ1n) is 11.6. The molecule has 2 aliphatic heterocycles. The summed E-state index contributed by atoms with van der Waals surface area (Å²) in [7, 11) is 1.64. The van der Waals surface area contributed by atoms with Crippen LogP contribution in [0.1, 0.15) is 30.3 Å². The van der Waals surface area contributed by atoms with Gasteiger partial charge in [-0.15, -0.1) is 5.10 Å². The van der Waals surface area contributed by atoms with E-state index < -0.39 is 11.9 Å². The fourth-order valence-electron chi connectivity index (χ4n) is 5.60. The van der Waals surface area contributed by atoms with Crippen molar-refractivity contribution in [3.05, 3.63) is 58.8 Å². The highest BCUT2D eigenvalue weighted by atomic mass is 35.5. The van der Waals surface area contributed by atoms with Crippen molar-refractivity contribution >= 4 is 23.2 Å². The van der Waals surface area contributed by atoms with Gasteiger partial charge in [-0.2, -0.15) is 4.98 Å². The SMILES string of the molecule is COc1cc(N2C[C@H]3CC[C@@H](C2)C3Nc2nc3n(n2)CCO[C@H]3c2cc(F)cc(Cl)c2)ccn1. The molecule has 1 unspecified atom stereocenters. The number of piperidine rings is 1. The number of nitrogens with zero attached hydrogens (tertiary/aromatic N) is 5. The number of methoxy groups -OCH3 is 1. The molecule has 1 N–H and O–H groups in total. The standard InChI is InChI=1S/C24H26ClFN6O2/c1-33-20-11-19(4-5-27-20)31-12-14-2-3-15(13-31)21(14)28-24-29-23-22(34-7-6-32(23)30-24)16-8-17(25)10-18(26)9-16/h4-5,8-11,14-15,21-22H,2-3,6-7,12-13H2,1H3,(H,28,30)/t14-,15+,21?,22-/m0/s1. The van der Waals surface area contributed by atoms with Crippen molar-refractivity contribution in [3.63, 3.8) is 0 Å². The van der Waals surface area contributed by atoms with E-state index in [-0.39, 0.29) is 0 Å². The third-order valence-corrected chi connectivity index (χ3v) is 7.35. The fourth-order valence-corrected chi connectivity index (χ4v) is 5.83. The molecule has 0 amide bonds. The molecule has 1 aliphatic carbocycles. The van der Waals surface area contributed by atoms with Crippen LogP contribution in [0.4, 0.5) is 16.0 Å². The Morgan fingerprint density at radius 1 is 1.18 bits per heavy atom. The Bertz CT molecular complexity index is 1170. The summed E-state index contributed by atoms with van der Waals surface area (Å²) in [6, 6.07) is 8.80. The fraction of sp³-hybridized carbons (Fsp3) is 0.458. The molecular formula is C24H26ClFN6O2. The van der Waals surface area contributed by atoms with E-state index in [1.165, 1.54) is 25.0 Å². The number of benzene rings is 1. The van der Waals surface area contributed by atoms with Gasteiger partial charge in [0, 0.05) is 42.1 Å². The normalized spacial score (nSPS) is 25.8. The molecular weight excluding hydrogens is 459 g/mol. The van der Waals surface area contributed by atoms with Gasteiger partial charge in [-0.25, -0.2) is 14.1 Å². The van der Waals surface area contributed by atoms with Gasteiger partial charge in [0.15, 0.2) is 5.82 Å². The summed E-state index contributed by atoms with van der Waals surface area (Å²) >= 11 is 6.08. The molecule has 4 heterocycles. The Morgan fingerprint density at radius 3 is 2.76 bits per heavy atom. The van der Waals surface area contributed by atoms with Crippen molar-refractivity contribution in [2.24, 2.45) is 11.8 Å². The van der Waals surface area contributed by atoms with E-state index >= 15 is 0 Å². The minimum Gasteiger partial charge on any atom is -0.481 e. The highest BCUT2D eigenvalue weighted by Gasteiger charge is 2.43. The van der Waals surface area contributed by atoms with Crippen molar-refractivity contribution in [2.75, 3.05) is 37.0 Å². The molecule has 2 bridgehead atoms. The second-order valence-corrected chi connectivity index (χ2v) is 9.64. The topological polar surface area (TPSA) is 77.3 Å². The van der Waals surface area contributed by atoms with Crippen LogP contribution in [0.15, 0.2) is 36.5 Å². The maximum atomic E-state index is 14.0. The van der Waals surface area contributed by atoms with Crippen LogP contribution in [0.25, 0.3) is 0 Å². The average molecular weight is 485 g/mol. The lowest BCUT2D eigenvalue weighted by molar-refractivity contribution is 0.0388. The number of ether oxygens (including phenoxy) is 2. The monoisotopic (exact) mass is 484 g/mol. The zero-order valence-electron chi connectivity index (χ0n) is 18.8. The minimum absolute atomic E-state index is 0.312. The Morgan fingerprint density at radius 2 is 2.00 bits per heavy atom. The molecule has 2 aromatic heterocycles. The molecule has 0 spiro atoms. The average Bonchev–Trinajstić information content (AvgIpc) is 3.34. The predicted molar refractivity (Wildman–Crippen MR) is 126 cm³/mol. The number of anilines is 2. The van der Waals surface area contributed by atoms with Gasteiger partial charge in [0.1, 0.15) is 11.9 Å².